The number of fused-ring (bicyclic) bond motifs is 3. The van der Waals surface area contributed by atoms with Gasteiger partial charge in [-0.1, -0.05) is 97.1 Å². The van der Waals surface area contributed by atoms with E-state index in [1.54, 1.807) is 0 Å². The summed E-state index contributed by atoms with van der Waals surface area (Å²) in [6, 6.07) is 41.8. The van der Waals surface area contributed by atoms with Crippen LogP contribution in [0.3, 0.4) is 0 Å². The van der Waals surface area contributed by atoms with Crippen molar-refractivity contribution in [1.29, 1.82) is 0 Å². The predicted octanol–water partition coefficient (Wildman–Crippen LogP) is 8.59. The van der Waals surface area contributed by atoms with Crippen molar-refractivity contribution in [3.05, 3.63) is 132 Å². The lowest BCUT2D eigenvalue weighted by Gasteiger charge is -2.16. The van der Waals surface area contributed by atoms with Crippen LogP contribution in [0.2, 0.25) is 0 Å². The molecule has 2 aromatic heterocycles. The Morgan fingerprint density at radius 2 is 0.897 bits per heavy atom. The Balaban J connectivity index is 1.44. The van der Waals surface area contributed by atoms with Gasteiger partial charge in [-0.25, -0.2) is 15.0 Å². The van der Waals surface area contributed by atoms with E-state index < -0.39 is 0 Å². The Morgan fingerprint density at radius 1 is 0.436 bits per heavy atom. The van der Waals surface area contributed by atoms with E-state index in [0.29, 0.717) is 17.5 Å². The Hall–Kier alpha value is -5.09. The van der Waals surface area contributed by atoms with Crippen molar-refractivity contribution in [2.24, 2.45) is 0 Å². The van der Waals surface area contributed by atoms with E-state index in [9.17, 15) is 0 Å². The smallest absolute Gasteiger partial charge is 0.164 e. The molecular formula is C35H26N4. The molecule has 5 aromatic carbocycles. The second-order valence-corrected chi connectivity index (χ2v) is 9.79. The van der Waals surface area contributed by atoms with Crippen LogP contribution in [0.1, 0.15) is 11.1 Å². The van der Waals surface area contributed by atoms with Gasteiger partial charge in [-0.05, 0) is 49.2 Å². The molecule has 39 heavy (non-hydrogen) atoms. The summed E-state index contributed by atoms with van der Waals surface area (Å²) < 4.78 is 2.37. The van der Waals surface area contributed by atoms with Crippen LogP contribution in [0.4, 0.5) is 0 Å². The Kier molecular flexibility index (Phi) is 5.52. The highest BCUT2D eigenvalue weighted by Crippen LogP contribution is 2.36. The molecule has 0 spiro atoms. The first kappa shape index (κ1) is 23.1. The fourth-order valence-corrected chi connectivity index (χ4v) is 5.40. The molecule has 0 radical (unpaired) electrons. The summed E-state index contributed by atoms with van der Waals surface area (Å²) in [6.45, 7) is 4.35. The average molecular weight is 503 g/mol. The summed E-state index contributed by atoms with van der Waals surface area (Å²) in [6.07, 6.45) is 0. The lowest BCUT2D eigenvalue weighted by atomic mass is 10.00. The summed E-state index contributed by atoms with van der Waals surface area (Å²) in [4.78, 5) is 14.8. The molecule has 4 nitrogen and oxygen atoms in total. The second kappa shape index (κ2) is 9.34. The Labute approximate surface area is 227 Å². The zero-order chi connectivity index (χ0) is 26.3. The van der Waals surface area contributed by atoms with Crippen LogP contribution in [0, 0.1) is 13.8 Å². The van der Waals surface area contributed by atoms with E-state index in [4.69, 9.17) is 15.0 Å². The Bertz CT molecular complexity index is 1860. The van der Waals surface area contributed by atoms with Crippen LogP contribution in [0.5, 0.6) is 0 Å². The van der Waals surface area contributed by atoms with Crippen molar-refractivity contribution in [3.63, 3.8) is 0 Å². The van der Waals surface area contributed by atoms with Crippen LogP contribution >= 0.6 is 0 Å². The standard InChI is InChI=1S/C35H26N4/c1-23-24(2)30(39-31-19-11-9-17-28(31)29-18-10-12-20-32(29)39)22-21-27(23)35-37-33(25-13-5-3-6-14-25)36-34(38-35)26-15-7-4-8-16-26/h3-22H,1-2H3. The third-order valence-electron chi connectivity index (χ3n) is 7.52. The summed E-state index contributed by atoms with van der Waals surface area (Å²) in [5.74, 6) is 2.02. The van der Waals surface area contributed by atoms with E-state index in [1.807, 2.05) is 60.7 Å². The SMILES string of the molecule is Cc1c(-c2nc(-c3ccccc3)nc(-c3ccccc3)n2)ccc(-n2c3ccccc3c3ccccc32)c1C. The number of nitrogens with zero attached hydrogens (tertiary/aromatic N) is 4. The van der Waals surface area contributed by atoms with Crippen molar-refractivity contribution in [1.82, 2.24) is 19.5 Å². The minimum absolute atomic E-state index is 0.669. The Morgan fingerprint density at radius 3 is 1.44 bits per heavy atom. The topological polar surface area (TPSA) is 43.6 Å². The molecule has 0 saturated carbocycles. The van der Waals surface area contributed by atoms with Gasteiger partial charge in [-0.3, -0.25) is 0 Å². The summed E-state index contributed by atoms with van der Waals surface area (Å²) in [5, 5.41) is 2.51. The highest BCUT2D eigenvalue weighted by molar-refractivity contribution is 6.09. The molecule has 186 valence electrons. The summed E-state index contributed by atoms with van der Waals surface area (Å²) in [7, 11) is 0. The lowest BCUT2D eigenvalue weighted by molar-refractivity contribution is 1.06. The molecule has 0 saturated heterocycles. The molecule has 0 N–H and O–H groups in total. The van der Waals surface area contributed by atoms with Crippen LogP contribution < -0.4 is 0 Å². The van der Waals surface area contributed by atoms with Crippen LogP contribution in [0.25, 0.3) is 61.7 Å². The molecule has 7 rings (SSSR count). The predicted molar refractivity (Wildman–Crippen MR) is 160 cm³/mol. The minimum atomic E-state index is 0.669. The lowest BCUT2D eigenvalue weighted by Crippen LogP contribution is -2.04. The van der Waals surface area contributed by atoms with Crippen LogP contribution in [-0.4, -0.2) is 19.5 Å². The molecule has 0 bridgehead atoms. The van der Waals surface area contributed by atoms with Gasteiger partial charge in [0, 0.05) is 33.2 Å². The van der Waals surface area contributed by atoms with Gasteiger partial charge < -0.3 is 4.57 Å². The quantitative estimate of drug-likeness (QED) is 0.242. The van der Waals surface area contributed by atoms with Crippen molar-refractivity contribution in [2.75, 3.05) is 0 Å². The molecule has 0 atom stereocenters. The van der Waals surface area contributed by atoms with Gasteiger partial charge in [0.2, 0.25) is 0 Å². The molecule has 7 aromatic rings. The average Bonchev–Trinajstić information content (AvgIpc) is 3.33. The van der Waals surface area contributed by atoms with Gasteiger partial charge in [-0.15, -0.1) is 0 Å². The molecule has 0 amide bonds. The maximum Gasteiger partial charge on any atom is 0.164 e. The van der Waals surface area contributed by atoms with E-state index in [1.165, 1.54) is 27.4 Å². The zero-order valence-electron chi connectivity index (χ0n) is 21.8. The van der Waals surface area contributed by atoms with Gasteiger partial charge in [0.1, 0.15) is 0 Å². The fourth-order valence-electron chi connectivity index (χ4n) is 5.40. The highest BCUT2D eigenvalue weighted by Gasteiger charge is 2.18. The third-order valence-corrected chi connectivity index (χ3v) is 7.52. The molecular weight excluding hydrogens is 476 g/mol. The van der Waals surface area contributed by atoms with Gasteiger partial charge >= 0.3 is 0 Å². The highest BCUT2D eigenvalue weighted by atomic mass is 15.0. The first-order chi connectivity index (χ1) is 19.2. The number of para-hydroxylation sites is 2. The largest absolute Gasteiger partial charge is 0.309 e. The number of hydrogen-bond acceptors (Lipinski definition) is 3. The van der Waals surface area contributed by atoms with E-state index >= 15 is 0 Å². The van der Waals surface area contributed by atoms with Gasteiger partial charge in [0.05, 0.1) is 11.0 Å². The maximum absolute atomic E-state index is 4.96. The van der Waals surface area contributed by atoms with E-state index in [-0.39, 0.29) is 0 Å². The summed E-state index contributed by atoms with van der Waals surface area (Å²) >= 11 is 0. The molecule has 0 unspecified atom stereocenters. The molecule has 4 heteroatoms. The van der Waals surface area contributed by atoms with Gasteiger partial charge in [0.25, 0.3) is 0 Å². The monoisotopic (exact) mass is 502 g/mol. The maximum atomic E-state index is 4.96. The third kappa shape index (κ3) is 3.89. The number of hydrogen-bond donors (Lipinski definition) is 0. The first-order valence-corrected chi connectivity index (χ1v) is 13.1. The van der Waals surface area contributed by atoms with E-state index in [0.717, 1.165) is 27.9 Å². The molecule has 2 heterocycles. The van der Waals surface area contributed by atoms with Crippen LogP contribution in [0.15, 0.2) is 121 Å². The normalized spacial score (nSPS) is 11.3. The number of aromatic nitrogens is 4. The molecule has 0 aliphatic rings. The van der Waals surface area contributed by atoms with Crippen molar-refractivity contribution in [3.8, 4) is 39.9 Å². The molecule has 0 aliphatic carbocycles. The van der Waals surface area contributed by atoms with Gasteiger partial charge in [0.15, 0.2) is 17.5 Å². The number of rotatable bonds is 4. The second-order valence-electron chi connectivity index (χ2n) is 9.79. The number of benzene rings is 5. The van der Waals surface area contributed by atoms with Crippen molar-refractivity contribution in [2.45, 2.75) is 13.8 Å². The molecule has 0 aliphatic heterocycles. The van der Waals surface area contributed by atoms with Crippen LogP contribution in [-0.2, 0) is 0 Å². The first-order valence-electron chi connectivity index (χ1n) is 13.1. The van der Waals surface area contributed by atoms with Crippen molar-refractivity contribution >= 4 is 21.8 Å². The van der Waals surface area contributed by atoms with Gasteiger partial charge in [-0.2, -0.15) is 0 Å². The van der Waals surface area contributed by atoms with E-state index in [2.05, 4.69) is 79.1 Å². The molecule has 0 fully saturated rings. The minimum Gasteiger partial charge on any atom is -0.309 e. The van der Waals surface area contributed by atoms with Crippen molar-refractivity contribution < 1.29 is 0 Å². The summed E-state index contributed by atoms with van der Waals surface area (Å²) in [5.41, 5.74) is 8.85. The fraction of sp³-hybridized carbons (Fsp3) is 0.0571. The zero-order valence-corrected chi connectivity index (χ0v) is 21.8.